The standard InChI is InChI=1S/C19H27N3O/c1-4-15-7-6-8-16-18(15)20-14(3)17(19(16)23)13-22-11-9-21(5-2)10-12-22/h6-8H,4-5,9-13H2,1-3H3,(H,20,23)/p+2. The topological polar surface area (TPSA) is 41.7 Å². The Balaban J connectivity index is 1.91. The summed E-state index contributed by atoms with van der Waals surface area (Å²) in [5, 5.41) is 0.849. The quantitative estimate of drug-likeness (QED) is 0.713. The van der Waals surface area contributed by atoms with E-state index in [-0.39, 0.29) is 5.43 Å². The fourth-order valence-electron chi connectivity index (χ4n) is 3.78. The average molecular weight is 315 g/mol. The summed E-state index contributed by atoms with van der Waals surface area (Å²) in [7, 11) is 0. The molecule has 1 fully saturated rings. The Kier molecular flexibility index (Phi) is 4.83. The normalized spacial score (nSPS) is 21.7. The van der Waals surface area contributed by atoms with Gasteiger partial charge in [-0.25, -0.2) is 0 Å². The smallest absolute Gasteiger partial charge is 0.198 e. The zero-order valence-corrected chi connectivity index (χ0v) is 14.6. The van der Waals surface area contributed by atoms with Gasteiger partial charge in [0.25, 0.3) is 0 Å². The minimum Gasteiger partial charge on any atom is -0.358 e. The fourth-order valence-corrected chi connectivity index (χ4v) is 3.78. The molecule has 3 rings (SSSR count). The van der Waals surface area contributed by atoms with Crippen LogP contribution in [0, 0.1) is 6.92 Å². The van der Waals surface area contributed by atoms with Crippen molar-refractivity contribution in [3.63, 3.8) is 0 Å². The molecule has 2 heterocycles. The zero-order chi connectivity index (χ0) is 16.4. The molecule has 1 aliphatic heterocycles. The number of pyridine rings is 1. The molecule has 1 aliphatic rings. The Morgan fingerprint density at radius 3 is 2.43 bits per heavy atom. The van der Waals surface area contributed by atoms with Crippen molar-refractivity contribution in [2.75, 3.05) is 32.7 Å². The molecule has 0 spiro atoms. The molecule has 4 heteroatoms. The summed E-state index contributed by atoms with van der Waals surface area (Å²) in [6, 6.07) is 6.08. The highest BCUT2D eigenvalue weighted by Gasteiger charge is 2.23. The highest BCUT2D eigenvalue weighted by molar-refractivity contribution is 5.82. The summed E-state index contributed by atoms with van der Waals surface area (Å²) >= 11 is 0. The van der Waals surface area contributed by atoms with Crippen LogP contribution >= 0.6 is 0 Å². The highest BCUT2D eigenvalue weighted by Crippen LogP contribution is 2.16. The van der Waals surface area contributed by atoms with Crippen LogP contribution in [-0.4, -0.2) is 37.7 Å². The lowest BCUT2D eigenvalue weighted by molar-refractivity contribution is -1.02. The average Bonchev–Trinajstić information content (AvgIpc) is 2.58. The number of H-pyrrole nitrogens is 1. The van der Waals surface area contributed by atoms with Crippen molar-refractivity contribution in [2.45, 2.75) is 33.7 Å². The maximum Gasteiger partial charge on any atom is 0.198 e. The number of aryl methyl sites for hydroxylation is 2. The Hall–Kier alpha value is -1.65. The van der Waals surface area contributed by atoms with E-state index in [2.05, 4.69) is 31.8 Å². The summed E-state index contributed by atoms with van der Waals surface area (Å²) in [5.74, 6) is 0. The van der Waals surface area contributed by atoms with Crippen LogP contribution in [0.3, 0.4) is 0 Å². The lowest BCUT2D eigenvalue weighted by Gasteiger charge is -2.29. The van der Waals surface area contributed by atoms with E-state index in [0.29, 0.717) is 0 Å². The molecule has 1 aromatic heterocycles. The van der Waals surface area contributed by atoms with E-state index in [1.807, 2.05) is 12.1 Å². The van der Waals surface area contributed by atoms with Crippen molar-refractivity contribution in [1.29, 1.82) is 0 Å². The molecule has 23 heavy (non-hydrogen) atoms. The van der Waals surface area contributed by atoms with E-state index < -0.39 is 0 Å². The number of likely N-dealkylation sites (N-methyl/N-ethyl adjacent to an activating group) is 1. The number of aromatic nitrogens is 1. The Labute approximate surface area is 138 Å². The number of hydrogen-bond acceptors (Lipinski definition) is 1. The van der Waals surface area contributed by atoms with E-state index in [1.54, 1.807) is 9.80 Å². The number of benzene rings is 1. The van der Waals surface area contributed by atoms with Gasteiger partial charge in [-0.05, 0) is 31.9 Å². The number of para-hydroxylation sites is 1. The highest BCUT2D eigenvalue weighted by atomic mass is 16.1. The third-order valence-electron chi connectivity index (χ3n) is 5.41. The van der Waals surface area contributed by atoms with Gasteiger partial charge in [0.1, 0.15) is 32.7 Å². The van der Waals surface area contributed by atoms with Crippen molar-refractivity contribution in [1.82, 2.24) is 4.98 Å². The van der Waals surface area contributed by atoms with Gasteiger partial charge in [-0.15, -0.1) is 0 Å². The second kappa shape index (κ2) is 6.85. The van der Waals surface area contributed by atoms with Gasteiger partial charge in [-0.3, -0.25) is 4.79 Å². The molecule has 0 radical (unpaired) electrons. The van der Waals surface area contributed by atoms with Crippen LogP contribution in [-0.2, 0) is 13.0 Å². The Morgan fingerprint density at radius 2 is 1.78 bits per heavy atom. The van der Waals surface area contributed by atoms with E-state index in [4.69, 9.17) is 0 Å². The van der Waals surface area contributed by atoms with Crippen LogP contribution < -0.4 is 15.2 Å². The van der Waals surface area contributed by atoms with E-state index in [1.165, 1.54) is 25.2 Å². The number of aromatic amines is 1. The maximum absolute atomic E-state index is 13.0. The number of nitrogens with one attached hydrogen (secondary N) is 3. The summed E-state index contributed by atoms with van der Waals surface area (Å²) in [5.41, 5.74) is 4.49. The first-order valence-electron chi connectivity index (χ1n) is 8.94. The third kappa shape index (κ3) is 3.19. The number of quaternary nitrogens is 2. The van der Waals surface area contributed by atoms with Gasteiger partial charge in [0, 0.05) is 11.1 Å². The molecule has 4 nitrogen and oxygen atoms in total. The predicted octanol–water partition coefficient (Wildman–Crippen LogP) is -0.298. The second-order valence-corrected chi connectivity index (χ2v) is 6.78. The summed E-state index contributed by atoms with van der Waals surface area (Å²) in [6.45, 7) is 13.3. The summed E-state index contributed by atoms with van der Waals surface area (Å²) in [6.07, 6.45) is 0.944. The van der Waals surface area contributed by atoms with Crippen molar-refractivity contribution >= 4 is 10.9 Å². The summed E-state index contributed by atoms with van der Waals surface area (Å²) < 4.78 is 0. The first-order valence-corrected chi connectivity index (χ1v) is 8.94. The minimum absolute atomic E-state index is 0.226. The van der Waals surface area contributed by atoms with Crippen molar-refractivity contribution in [2.24, 2.45) is 0 Å². The molecule has 0 unspecified atom stereocenters. The molecule has 0 bridgehead atoms. The molecular formula is C19H29N3O+2. The molecule has 1 saturated heterocycles. The lowest BCUT2D eigenvalue weighted by Crippen LogP contribution is -3.27. The number of piperazine rings is 1. The largest absolute Gasteiger partial charge is 0.358 e. The van der Waals surface area contributed by atoms with Gasteiger partial charge in [0.2, 0.25) is 0 Å². The van der Waals surface area contributed by atoms with Crippen molar-refractivity contribution < 1.29 is 9.80 Å². The number of hydrogen-bond donors (Lipinski definition) is 3. The Morgan fingerprint density at radius 1 is 1.09 bits per heavy atom. The van der Waals surface area contributed by atoms with Crippen LogP contribution in [0.25, 0.3) is 10.9 Å². The van der Waals surface area contributed by atoms with Crippen LogP contribution in [0.1, 0.15) is 30.7 Å². The second-order valence-electron chi connectivity index (χ2n) is 6.78. The van der Waals surface area contributed by atoms with Crippen LogP contribution in [0.2, 0.25) is 0 Å². The summed E-state index contributed by atoms with van der Waals surface area (Å²) in [4.78, 5) is 19.7. The molecule has 0 aliphatic carbocycles. The van der Waals surface area contributed by atoms with Gasteiger partial charge in [-0.2, -0.15) is 0 Å². The first kappa shape index (κ1) is 16.2. The molecule has 0 atom stereocenters. The lowest BCUT2D eigenvalue weighted by atomic mass is 10.0. The van der Waals surface area contributed by atoms with Crippen molar-refractivity contribution in [3.8, 4) is 0 Å². The Bertz CT molecular complexity index is 742. The van der Waals surface area contributed by atoms with Gasteiger partial charge in [0.15, 0.2) is 5.43 Å². The molecule has 1 aromatic carbocycles. The maximum atomic E-state index is 13.0. The minimum atomic E-state index is 0.226. The number of fused-ring (bicyclic) bond motifs is 1. The third-order valence-corrected chi connectivity index (χ3v) is 5.41. The van der Waals surface area contributed by atoms with Crippen LogP contribution in [0.4, 0.5) is 0 Å². The molecule has 3 N–H and O–H groups in total. The molecular weight excluding hydrogens is 286 g/mol. The predicted molar refractivity (Wildman–Crippen MR) is 94.3 cm³/mol. The van der Waals surface area contributed by atoms with Gasteiger partial charge < -0.3 is 14.8 Å². The van der Waals surface area contributed by atoms with Gasteiger partial charge >= 0.3 is 0 Å². The molecule has 124 valence electrons. The zero-order valence-electron chi connectivity index (χ0n) is 14.6. The molecule has 2 aromatic rings. The van der Waals surface area contributed by atoms with E-state index in [9.17, 15) is 4.79 Å². The molecule has 0 amide bonds. The van der Waals surface area contributed by atoms with E-state index >= 15 is 0 Å². The van der Waals surface area contributed by atoms with Crippen LogP contribution in [0.15, 0.2) is 23.0 Å². The monoisotopic (exact) mass is 315 g/mol. The van der Waals surface area contributed by atoms with Crippen molar-refractivity contribution in [3.05, 3.63) is 45.2 Å². The van der Waals surface area contributed by atoms with Gasteiger partial charge in [0.05, 0.1) is 17.6 Å². The SMILES string of the molecule is CCc1cccc2c(=O)c(C[NH+]3CC[NH+](CC)CC3)c(C)[nH]c12. The number of rotatable bonds is 4. The fraction of sp³-hybridized carbons (Fsp3) is 0.526. The van der Waals surface area contributed by atoms with Crippen LogP contribution in [0.5, 0.6) is 0 Å². The molecule has 0 saturated carbocycles. The van der Waals surface area contributed by atoms with E-state index in [0.717, 1.165) is 48.2 Å². The van der Waals surface area contributed by atoms with Gasteiger partial charge in [-0.1, -0.05) is 19.1 Å². The first-order chi connectivity index (χ1) is 11.1.